The van der Waals surface area contributed by atoms with Gasteiger partial charge in [-0.3, -0.25) is 9.59 Å². The van der Waals surface area contributed by atoms with Crippen LogP contribution in [0.1, 0.15) is 25.0 Å². The molecule has 3 heterocycles. The third-order valence-corrected chi connectivity index (χ3v) is 8.42. The fourth-order valence-electron chi connectivity index (χ4n) is 2.78. The Kier molecular flexibility index (Phi) is 6.66. The minimum atomic E-state index is -0.244. The molecule has 0 saturated carbocycles. The molecule has 0 unspecified atom stereocenters. The first-order valence-electron chi connectivity index (χ1n) is 9.07. The van der Waals surface area contributed by atoms with Crippen molar-refractivity contribution in [2.45, 2.75) is 35.6 Å². The molecule has 0 atom stereocenters. The van der Waals surface area contributed by atoms with E-state index >= 15 is 0 Å². The second-order valence-corrected chi connectivity index (χ2v) is 10.9. The van der Waals surface area contributed by atoms with Crippen LogP contribution < -0.4 is 9.60 Å². The molecule has 0 spiro atoms. The first kappa shape index (κ1) is 21.2. The van der Waals surface area contributed by atoms with E-state index in [0.29, 0.717) is 22.7 Å². The van der Waals surface area contributed by atoms with E-state index in [9.17, 15) is 9.59 Å². The maximum absolute atomic E-state index is 11.6. The van der Waals surface area contributed by atoms with Gasteiger partial charge < -0.3 is 0 Å². The van der Waals surface area contributed by atoms with E-state index in [1.54, 1.807) is 32.9 Å². The lowest BCUT2D eigenvalue weighted by Gasteiger charge is -2.10. The van der Waals surface area contributed by atoms with Crippen molar-refractivity contribution in [3.05, 3.63) is 45.0 Å². The molecule has 1 aliphatic rings. The quantitative estimate of drug-likeness (QED) is 0.492. The largest absolute Gasteiger partial charge is 0.273 e. The Bertz CT molecular complexity index is 1140. The maximum atomic E-state index is 11.6. The van der Waals surface area contributed by atoms with Gasteiger partial charge in [0.05, 0.1) is 13.1 Å². The molecule has 4 bridgehead atoms. The maximum Gasteiger partial charge on any atom is 0.245 e. The zero-order valence-electron chi connectivity index (χ0n) is 16.3. The second kappa shape index (κ2) is 9.41. The highest BCUT2D eigenvalue weighted by molar-refractivity contribution is 8.04. The van der Waals surface area contributed by atoms with Gasteiger partial charge in [0.15, 0.2) is 8.68 Å². The molecular weight excluding hydrogens is 461 g/mol. The lowest BCUT2D eigenvalue weighted by molar-refractivity contribution is -0.116. The lowest BCUT2D eigenvalue weighted by Crippen LogP contribution is -2.22. The number of rotatable bonds is 0. The smallest absolute Gasteiger partial charge is 0.245 e. The summed E-state index contributed by atoms with van der Waals surface area (Å²) in [5.74, 6) is 1.19. The molecule has 2 amide bonds. The van der Waals surface area contributed by atoms with Crippen LogP contribution in [0.15, 0.2) is 42.9 Å². The van der Waals surface area contributed by atoms with Crippen molar-refractivity contribution in [3.8, 4) is 0 Å². The molecule has 1 aliphatic heterocycles. The van der Waals surface area contributed by atoms with Crippen molar-refractivity contribution in [1.82, 2.24) is 19.6 Å². The summed E-state index contributed by atoms with van der Waals surface area (Å²) < 4.78 is 5.33. The predicted octanol–water partition coefficient (Wildman–Crippen LogP) is 2.39. The van der Waals surface area contributed by atoms with E-state index in [-0.39, 0.29) is 11.8 Å². The molecule has 0 radical (unpaired) electrons. The van der Waals surface area contributed by atoms with Gasteiger partial charge in [-0.15, -0.1) is 0 Å². The van der Waals surface area contributed by atoms with Gasteiger partial charge in [0.1, 0.15) is 0 Å². The summed E-state index contributed by atoms with van der Waals surface area (Å²) in [5.41, 5.74) is 2.09. The number of fused-ring (bicyclic) bond motifs is 5. The van der Waals surface area contributed by atoms with Gasteiger partial charge in [0.25, 0.3) is 0 Å². The Balaban J connectivity index is 1.82. The van der Waals surface area contributed by atoms with E-state index < -0.39 is 0 Å². The normalized spacial score (nSPS) is 15.5. The summed E-state index contributed by atoms with van der Waals surface area (Å²) >= 11 is 6.14. The van der Waals surface area contributed by atoms with Gasteiger partial charge >= 0.3 is 0 Å². The summed E-state index contributed by atoms with van der Waals surface area (Å²) in [4.78, 5) is 32.7. The monoisotopic (exact) mass is 478 g/mol. The van der Waals surface area contributed by atoms with Crippen LogP contribution in [-0.4, -0.2) is 42.9 Å². The first-order valence-corrected chi connectivity index (χ1v) is 12.7. The summed E-state index contributed by atoms with van der Waals surface area (Å²) in [6.45, 7) is 3.87. The number of nitrogens with zero attached hydrogens (tertiary/aromatic N) is 6. The fraction of sp³-hybridized carbons (Fsp3) is 0.333. The number of thioether (sulfide) groups is 2. The van der Waals surface area contributed by atoms with Gasteiger partial charge in [0, 0.05) is 25.4 Å². The SMILES string of the molecule is CC(=O)N=c1sc2nn1Cc1ccccc1Cn1nc(sc1=NC(C)=O)SCCS2. The van der Waals surface area contributed by atoms with Crippen molar-refractivity contribution < 1.29 is 9.59 Å². The van der Waals surface area contributed by atoms with Crippen LogP contribution in [0, 0.1) is 0 Å². The van der Waals surface area contributed by atoms with E-state index in [1.807, 2.05) is 24.3 Å². The highest BCUT2D eigenvalue weighted by Gasteiger charge is 2.14. The molecule has 4 rings (SSSR count). The Hall–Kier alpha value is -2.02. The van der Waals surface area contributed by atoms with Gasteiger partial charge in [-0.1, -0.05) is 70.5 Å². The number of amides is 2. The summed E-state index contributed by atoms with van der Waals surface area (Å²) in [7, 11) is 0. The molecule has 3 aromatic rings. The van der Waals surface area contributed by atoms with Gasteiger partial charge in [-0.2, -0.15) is 20.2 Å². The molecule has 0 fully saturated rings. The molecule has 12 heteroatoms. The Morgan fingerprint density at radius 3 is 1.67 bits per heavy atom. The molecule has 0 saturated heterocycles. The van der Waals surface area contributed by atoms with E-state index in [2.05, 4.69) is 20.2 Å². The average molecular weight is 479 g/mol. The van der Waals surface area contributed by atoms with Gasteiger partial charge in [-0.25, -0.2) is 9.36 Å². The van der Waals surface area contributed by atoms with Crippen molar-refractivity contribution in [2.24, 2.45) is 9.98 Å². The highest BCUT2D eigenvalue weighted by atomic mass is 32.2. The van der Waals surface area contributed by atoms with Crippen molar-refractivity contribution >= 4 is 58.0 Å². The van der Waals surface area contributed by atoms with Crippen LogP contribution in [0.5, 0.6) is 0 Å². The molecule has 0 aliphatic carbocycles. The van der Waals surface area contributed by atoms with Crippen LogP contribution in [0.2, 0.25) is 0 Å². The first-order chi connectivity index (χ1) is 14.5. The Labute approximate surface area is 188 Å². The fourth-order valence-corrected chi connectivity index (χ4v) is 6.89. The van der Waals surface area contributed by atoms with Gasteiger partial charge in [-0.05, 0) is 11.1 Å². The average Bonchev–Trinajstić information content (AvgIpc) is 3.22. The van der Waals surface area contributed by atoms with Crippen LogP contribution in [0.4, 0.5) is 0 Å². The van der Waals surface area contributed by atoms with Gasteiger partial charge in [0.2, 0.25) is 21.4 Å². The second-order valence-electron chi connectivity index (χ2n) is 6.34. The van der Waals surface area contributed by atoms with Crippen molar-refractivity contribution in [1.29, 1.82) is 0 Å². The predicted molar refractivity (Wildman–Crippen MR) is 119 cm³/mol. The van der Waals surface area contributed by atoms with Crippen LogP contribution in [0.25, 0.3) is 0 Å². The van der Waals surface area contributed by atoms with E-state index in [0.717, 1.165) is 31.3 Å². The summed E-state index contributed by atoms with van der Waals surface area (Å²) in [6.07, 6.45) is 0. The molecule has 8 nitrogen and oxygen atoms in total. The third-order valence-electron chi connectivity index (χ3n) is 4.00. The van der Waals surface area contributed by atoms with Crippen LogP contribution in [0.3, 0.4) is 0 Å². The Morgan fingerprint density at radius 2 is 1.27 bits per heavy atom. The minimum absolute atomic E-state index is 0.244. The minimum Gasteiger partial charge on any atom is -0.273 e. The molecule has 30 heavy (non-hydrogen) atoms. The molecule has 2 aromatic heterocycles. The lowest BCUT2D eigenvalue weighted by atomic mass is 10.1. The van der Waals surface area contributed by atoms with Crippen molar-refractivity contribution in [3.63, 3.8) is 0 Å². The topological polar surface area (TPSA) is 94.5 Å². The van der Waals surface area contributed by atoms with E-state index in [1.165, 1.54) is 36.5 Å². The standard InChI is InChI=1S/C18H18N6O2S4/c1-11(25)19-15-23-9-13-5-3-4-6-14(13)10-24-16(20-12(2)26)30-18(22-24)28-8-7-27-17(21-23)29-15/h3-6H,7-10H2,1-2H3. The van der Waals surface area contributed by atoms with Crippen molar-refractivity contribution in [2.75, 3.05) is 11.5 Å². The number of carbonyl (C=O) groups is 2. The number of hydrogen-bond donors (Lipinski definition) is 0. The number of aromatic nitrogens is 4. The number of hydrogen-bond acceptors (Lipinski definition) is 8. The zero-order chi connectivity index (χ0) is 21.1. The zero-order valence-corrected chi connectivity index (χ0v) is 19.5. The van der Waals surface area contributed by atoms with Crippen LogP contribution >= 0.6 is 46.2 Å². The molecule has 156 valence electrons. The summed E-state index contributed by atoms with van der Waals surface area (Å²) in [6, 6.07) is 8.00. The summed E-state index contributed by atoms with van der Waals surface area (Å²) in [5, 5.41) is 9.37. The molecule has 1 aromatic carbocycles. The number of benzene rings is 1. The van der Waals surface area contributed by atoms with E-state index in [4.69, 9.17) is 0 Å². The number of carbonyl (C=O) groups excluding carboxylic acids is 2. The highest BCUT2D eigenvalue weighted by Crippen LogP contribution is 2.24. The third kappa shape index (κ3) is 5.17. The van der Waals surface area contributed by atoms with Crippen LogP contribution in [-0.2, 0) is 22.7 Å². The molecular formula is C18H18N6O2S4. The Morgan fingerprint density at radius 1 is 0.833 bits per heavy atom. The molecule has 0 N–H and O–H groups in total.